The molecule has 0 aliphatic carbocycles. The maximum absolute atomic E-state index is 13.4. The summed E-state index contributed by atoms with van der Waals surface area (Å²) in [5.74, 6) is -4.35. The molecule has 1 aromatic heterocycles. The molecule has 0 spiro atoms. The minimum absolute atomic E-state index is 0.0484. The number of hydrogen-bond acceptors (Lipinski definition) is 17. The van der Waals surface area contributed by atoms with Crippen LogP contribution >= 0.6 is 34.8 Å². The topological polar surface area (TPSA) is 274 Å². The number of nitrogens with two attached hydrogens (primary N) is 1. The van der Waals surface area contributed by atoms with Crippen LogP contribution < -0.4 is 21.7 Å². The standard InChI is InChI=1S/C37H56Cl3N9O13/c1-6-18-57-35(55)47(16-10-12-41)14-8-9-15-48(36(56)58-19-7-2)17-11-13-42-20-27-21-49(46-45-27)22-29(53)43-33-30(44-34(54)37(38,39)40)32(61-26(5)52)31(60-25(4)51)28(62-33)23-59-24(3)50/h6-7,21,28,30-33,42H,1-2,8-20,22-23,41H2,3-5H3,(H,43,53)(H,44,54)/t28-,30-,31-,32-,33?/m1/s1. The fraction of sp³-hybridized carbons (Fsp3) is 0.649. The predicted molar refractivity (Wildman–Crippen MR) is 222 cm³/mol. The second-order valence-electron chi connectivity index (χ2n) is 13.6. The van der Waals surface area contributed by atoms with Gasteiger partial charge in [-0.3, -0.25) is 24.0 Å². The lowest BCUT2D eigenvalue weighted by Gasteiger charge is -2.45. The van der Waals surface area contributed by atoms with Crippen molar-refractivity contribution in [2.45, 2.75) is 93.9 Å². The zero-order valence-corrected chi connectivity index (χ0v) is 37.2. The molecule has 0 saturated carbocycles. The molecule has 1 aliphatic heterocycles. The molecule has 22 nitrogen and oxygen atoms in total. The SMILES string of the molecule is C=CCOC(=O)N(CCCN)CCCCN(CCCNCc1cn(CC(=O)NC2O[C@H](COC(C)=O)[C@@H](OC(C)=O)[C@H](OC(C)=O)[C@H]2NC(=O)C(Cl)(Cl)Cl)nn1)C(=O)OCC=C. The maximum Gasteiger partial charge on any atom is 0.410 e. The van der Waals surface area contributed by atoms with Crippen LogP contribution in [0, 0.1) is 0 Å². The fourth-order valence-corrected chi connectivity index (χ4v) is 6.00. The van der Waals surface area contributed by atoms with E-state index in [1.165, 1.54) is 23.0 Å². The van der Waals surface area contributed by atoms with Crippen LogP contribution in [0.1, 0.15) is 52.1 Å². The van der Waals surface area contributed by atoms with Crippen LogP contribution in [0.5, 0.6) is 0 Å². The number of rotatable bonds is 26. The number of carbonyl (C=O) groups is 7. The lowest BCUT2D eigenvalue weighted by molar-refractivity contribution is -0.228. The summed E-state index contributed by atoms with van der Waals surface area (Å²) in [5, 5.41) is 16.2. The van der Waals surface area contributed by atoms with Gasteiger partial charge in [0.05, 0.1) is 11.9 Å². The van der Waals surface area contributed by atoms with Crippen LogP contribution in [0.15, 0.2) is 31.5 Å². The van der Waals surface area contributed by atoms with Crippen LogP contribution in [0.2, 0.25) is 0 Å². The molecule has 0 radical (unpaired) electrons. The van der Waals surface area contributed by atoms with Crippen LogP contribution in [0.3, 0.4) is 0 Å². The van der Waals surface area contributed by atoms with Gasteiger partial charge in [0.2, 0.25) is 5.91 Å². The highest BCUT2D eigenvalue weighted by Gasteiger charge is 2.52. The van der Waals surface area contributed by atoms with E-state index in [1.54, 1.807) is 9.80 Å². The summed E-state index contributed by atoms with van der Waals surface area (Å²) in [4.78, 5) is 90.5. The molecule has 348 valence electrons. The molecule has 0 aromatic carbocycles. The first kappa shape index (κ1) is 53.4. The Morgan fingerprint density at radius 2 is 1.40 bits per heavy atom. The predicted octanol–water partition coefficient (Wildman–Crippen LogP) is 1.26. The average Bonchev–Trinajstić information content (AvgIpc) is 3.64. The van der Waals surface area contributed by atoms with E-state index in [9.17, 15) is 33.6 Å². The van der Waals surface area contributed by atoms with Crippen molar-refractivity contribution in [1.82, 2.24) is 40.7 Å². The molecule has 25 heteroatoms. The van der Waals surface area contributed by atoms with Crippen LogP contribution in [-0.2, 0) is 65.5 Å². The van der Waals surface area contributed by atoms with E-state index in [0.29, 0.717) is 70.6 Å². The van der Waals surface area contributed by atoms with E-state index in [2.05, 4.69) is 39.4 Å². The number of carbonyl (C=O) groups excluding carboxylic acids is 7. The summed E-state index contributed by atoms with van der Waals surface area (Å²) >= 11 is 17.4. The van der Waals surface area contributed by atoms with Crippen molar-refractivity contribution in [3.05, 3.63) is 37.2 Å². The normalized spacial score (nSPS) is 18.3. The Balaban J connectivity index is 2.05. The van der Waals surface area contributed by atoms with E-state index in [0.717, 1.165) is 20.8 Å². The number of esters is 3. The van der Waals surface area contributed by atoms with Gasteiger partial charge >= 0.3 is 30.1 Å². The lowest BCUT2D eigenvalue weighted by Crippen LogP contribution is -2.70. The number of nitrogens with one attached hydrogen (secondary N) is 3. The maximum atomic E-state index is 13.4. The summed E-state index contributed by atoms with van der Waals surface area (Å²) in [6.07, 6.45) is 0.0224. The van der Waals surface area contributed by atoms with Crippen LogP contribution in [-0.4, -0.2) is 160 Å². The zero-order chi connectivity index (χ0) is 46.2. The van der Waals surface area contributed by atoms with E-state index in [4.69, 9.17) is 69.0 Å². The molecule has 1 unspecified atom stereocenters. The molecule has 5 N–H and O–H groups in total. The van der Waals surface area contributed by atoms with Gasteiger partial charge in [0.15, 0.2) is 18.4 Å². The first-order valence-electron chi connectivity index (χ1n) is 19.5. The Hall–Kier alpha value is -4.74. The highest BCUT2D eigenvalue weighted by atomic mass is 35.6. The van der Waals surface area contributed by atoms with Gasteiger partial charge in [0.1, 0.15) is 38.5 Å². The summed E-state index contributed by atoms with van der Waals surface area (Å²) < 4.78 is 31.0. The second-order valence-corrected chi connectivity index (χ2v) is 15.9. The van der Waals surface area contributed by atoms with Gasteiger partial charge in [0.25, 0.3) is 9.70 Å². The molecule has 4 amide bonds. The first-order valence-corrected chi connectivity index (χ1v) is 20.7. The van der Waals surface area contributed by atoms with Crippen molar-refractivity contribution >= 4 is 76.7 Å². The van der Waals surface area contributed by atoms with E-state index in [1.807, 2.05) is 0 Å². The number of amides is 4. The molecule has 0 bridgehead atoms. The summed E-state index contributed by atoms with van der Waals surface area (Å²) in [5.41, 5.74) is 6.09. The van der Waals surface area contributed by atoms with E-state index in [-0.39, 0.29) is 19.8 Å². The number of alkyl halides is 3. The number of halogens is 3. The van der Waals surface area contributed by atoms with Gasteiger partial charge in [-0.1, -0.05) is 65.3 Å². The van der Waals surface area contributed by atoms with Crippen LogP contribution in [0.4, 0.5) is 9.59 Å². The summed E-state index contributed by atoms with van der Waals surface area (Å²) in [7, 11) is 0. The number of ether oxygens (including phenoxy) is 6. The molecular formula is C37H56Cl3N9O13. The van der Waals surface area contributed by atoms with Crippen molar-refractivity contribution in [3.63, 3.8) is 0 Å². The molecule has 1 aromatic rings. The Kier molecular flexibility index (Phi) is 24.2. The van der Waals surface area contributed by atoms with Gasteiger partial charge in [-0.25, -0.2) is 14.3 Å². The quantitative estimate of drug-likeness (QED) is 0.0335. The van der Waals surface area contributed by atoms with Gasteiger partial charge in [0, 0.05) is 53.5 Å². The highest BCUT2D eigenvalue weighted by molar-refractivity contribution is 6.76. The van der Waals surface area contributed by atoms with E-state index < -0.39 is 89.4 Å². The molecule has 2 heterocycles. The Morgan fingerprint density at radius 3 is 1.94 bits per heavy atom. The van der Waals surface area contributed by atoms with Crippen molar-refractivity contribution < 1.29 is 62.0 Å². The number of aromatic nitrogens is 3. The molecule has 1 aliphatic rings. The average molecular weight is 941 g/mol. The molecule has 1 saturated heterocycles. The third kappa shape index (κ3) is 20.0. The van der Waals surface area contributed by atoms with Crippen molar-refractivity contribution in [2.24, 2.45) is 5.73 Å². The Labute approximate surface area is 374 Å². The minimum atomic E-state index is -2.51. The summed E-state index contributed by atoms with van der Waals surface area (Å²) in [6, 6.07) is -1.51. The largest absolute Gasteiger partial charge is 0.463 e. The number of nitrogens with zero attached hydrogens (tertiary/aromatic N) is 5. The second kappa shape index (κ2) is 28.1. The first-order chi connectivity index (χ1) is 29.4. The lowest BCUT2D eigenvalue weighted by atomic mass is 9.95. The highest BCUT2D eigenvalue weighted by Crippen LogP contribution is 2.30. The fourth-order valence-electron chi connectivity index (χ4n) is 5.83. The molecule has 2 rings (SSSR count). The summed E-state index contributed by atoms with van der Waals surface area (Å²) in [6.45, 7) is 12.4. The van der Waals surface area contributed by atoms with Crippen molar-refractivity contribution in [3.8, 4) is 0 Å². The minimum Gasteiger partial charge on any atom is -0.463 e. The molecule has 1 fully saturated rings. The molecule has 5 atom stereocenters. The third-order valence-corrected chi connectivity index (χ3v) is 9.00. The number of hydrogen-bond donors (Lipinski definition) is 4. The monoisotopic (exact) mass is 939 g/mol. The van der Waals surface area contributed by atoms with Gasteiger partial charge in [-0.15, -0.1) is 5.10 Å². The van der Waals surface area contributed by atoms with Gasteiger partial charge < -0.3 is 59.9 Å². The zero-order valence-electron chi connectivity index (χ0n) is 34.9. The Bertz CT molecular complexity index is 1670. The Morgan fingerprint density at radius 1 is 0.839 bits per heavy atom. The van der Waals surface area contributed by atoms with Crippen molar-refractivity contribution in [2.75, 3.05) is 59.1 Å². The van der Waals surface area contributed by atoms with Gasteiger partial charge in [-0.2, -0.15) is 0 Å². The molecular weight excluding hydrogens is 885 g/mol. The van der Waals surface area contributed by atoms with Crippen LogP contribution in [0.25, 0.3) is 0 Å². The molecule has 62 heavy (non-hydrogen) atoms. The third-order valence-electron chi connectivity index (χ3n) is 8.49. The smallest absolute Gasteiger partial charge is 0.410 e. The van der Waals surface area contributed by atoms with E-state index >= 15 is 0 Å². The van der Waals surface area contributed by atoms with Gasteiger partial charge in [-0.05, 0) is 38.8 Å². The number of unbranched alkanes of at least 4 members (excludes halogenated alkanes) is 1. The van der Waals surface area contributed by atoms with Crippen molar-refractivity contribution in [1.29, 1.82) is 0 Å².